The Morgan fingerprint density at radius 2 is 2.04 bits per heavy atom. The van der Waals surface area contributed by atoms with Crippen LogP contribution in [0.2, 0.25) is 0 Å². The Kier molecular flexibility index (Phi) is 3.90. The number of halogens is 3. The molecule has 3 heterocycles. The molecular weight excluding hydrogens is 363 g/mol. The number of fused-ring (bicyclic) bond motifs is 2. The second-order valence-electron chi connectivity index (χ2n) is 5.87. The second-order valence-corrected chi connectivity index (χ2v) is 5.87. The summed E-state index contributed by atoms with van der Waals surface area (Å²) in [6, 6.07) is 6.30. The molecule has 0 spiro atoms. The lowest BCUT2D eigenvalue weighted by Crippen LogP contribution is -2.17. The van der Waals surface area contributed by atoms with E-state index in [0.717, 1.165) is 10.9 Å². The predicted molar refractivity (Wildman–Crippen MR) is 92.2 cm³/mol. The van der Waals surface area contributed by atoms with E-state index in [1.807, 2.05) is 6.92 Å². The monoisotopic (exact) mass is 377 g/mol. The molecular formula is C17H14F3N5O2. The summed E-state index contributed by atoms with van der Waals surface area (Å²) in [6.07, 6.45) is -1.74. The highest BCUT2D eigenvalue weighted by atomic mass is 19.4. The number of benzene rings is 1. The number of nitrogens with one attached hydrogen (secondary N) is 1. The highest BCUT2D eigenvalue weighted by Crippen LogP contribution is 2.27. The van der Waals surface area contributed by atoms with E-state index >= 15 is 0 Å². The van der Waals surface area contributed by atoms with Gasteiger partial charge in [-0.25, -0.2) is 14.8 Å². The van der Waals surface area contributed by atoms with Gasteiger partial charge < -0.3 is 9.30 Å². The fourth-order valence-electron chi connectivity index (χ4n) is 3.02. The van der Waals surface area contributed by atoms with Crippen LogP contribution in [0.15, 0.2) is 41.6 Å². The standard InChI is InChI=1S/C17H14F3N5O2/c1-2-27-13-5-6-21-15-14(13)25(16(26)23-15)10-3-4-11-12(7-10)24(9-22-11)8-17(18,19)20/h3-7,9H,2,8H2,1H3,(H,21,23,26). The van der Waals surface area contributed by atoms with Gasteiger partial charge >= 0.3 is 11.9 Å². The summed E-state index contributed by atoms with van der Waals surface area (Å²) >= 11 is 0. The minimum Gasteiger partial charge on any atom is -0.491 e. The first-order chi connectivity index (χ1) is 12.9. The zero-order valence-electron chi connectivity index (χ0n) is 14.1. The van der Waals surface area contributed by atoms with Crippen molar-refractivity contribution in [1.29, 1.82) is 0 Å². The van der Waals surface area contributed by atoms with Gasteiger partial charge in [0.25, 0.3) is 0 Å². The molecule has 0 saturated heterocycles. The summed E-state index contributed by atoms with van der Waals surface area (Å²) < 4.78 is 46.3. The third kappa shape index (κ3) is 3.03. The lowest BCUT2D eigenvalue weighted by molar-refractivity contribution is -0.139. The van der Waals surface area contributed by atoms with Crippen molar-refractivity contribution >= 4 is 22.2 Å². The van der Waals surface area contributed by atoms with Crippen LogP contribution in [0.4, 0.5) is 13.2 Å². The van der Waals surface area contributed by atoms with Crippen molar-refractivity contribution in [1.82, 2.24) is 24.1 Å². The molecule has 0 aliphatic heterocycles. The van der Waals surface area contributed by atoms with E-state index in [9.17, 15) is 18.0 Å². The summed E-state index contributed by atoms with van der Waals surface area (Å²) in [6.45, 7) is 1.03. The number of ether oxygens (including phenoxy) is 1. The Morgan fingerprint density at radius 1 is 1.22 bits per heavy atom. The van der Waals surface area contributed by atoms with E-state index in [2.05, 4.69) is 15.0 Å². The fourth-order valence-corrected chi connectivity index (χ4v) is 3.02. The lowest BCUT2D eigenvalue weighted by atomic mass is 10.2. The van der Waals surface area contributed by atoms with Crippen LogP contribution in [0.3, 0.4) is 0 Å². The number of aromatic amines is 1. The Balaban J connectivity index is 1.93. The maximum Gasteiger partial charge on any atom is 0.406 e. The van der Waals surface area contributed by atoms with Crippen molar-refractivity contribution in [3.8, 4) is 11.4 Å². The molecule has 1 N–H and O–H groups in total. The number of rotatable bonds is 4. The molecule has 10 heteroatoms. The van der Waals surface area contributed by atoms with E-state index in [0.29, 0.717) is 34.7 Å². The van der Waals surface area contributed by atoms with Gasteiger partial charge in [-0.3, -0.25) is 9.55 Å². The number of imidazole rings is 2. The fraction of sp³-hybridized carbons (Fsp3) is 0.235. The van der Waals surface area contributed by atoms with Gasteiger partial charge in [0, 0.05) is 12.3 Å². The summed E-state index contributed by atoms with van der Waals surface area (Å²) in [5.41, 5.74) is 1.34. The van der Waals surface area contributed by atoms with Gasteiger partial charge in [0.15, 0.2) is 5.65 Å². The van der Waals surface area contributed by atoms with Crippen LogP contribution in [-0.4, -0.2) is 36.9 Å². The van der Waals surface area contributed by atoms with Gasteiger partial charge in [0.2, 0.25) is 0 Å². The molecule has 0 saturated carbocycles. The Morgan fingerprint density at radius 3 is 2.78 bits per heavy atom. The van der Waals surface area contributed by atoms with Crippen molar-refractivity contribution in [2.24, 2.45) is 0 Å². The first kappa shape index (κ1) is 17.1. The summed E-state index contributed by atoms with van der Waals surface area (Å²) in [5, 5.41) is 0. The van der Waals surface area contributed by atoms with Gasteiger partial charge in [0.05, 0.1) is 29.7 Å². The normalized spacial score (nSPS) is 12.1. The van der Waals surface area contributed by atoms with E-state index in [1.54, 1.807) is 18.2 Å². The molecule has 1 aromatic carbocycles. The van der Waals surface area contributed by atoms with Crippen LogP contribution in [0.25, 0.3) is 27.9 Å². The van der Waals surface area contributed by atoms with Crippen LogP contribution in [0.1, 0.15) is 6.92 Å². The summed E-state index contributed by atoms with van der Waals surface area (Å²) in [7, 11) is 0. The molecule has 0 fully saturated rings. The molecule has 0 amide bonds. The maximum atomic E-state index is 12.8. The molecule has 0 aliphatic rings. The van der Waals surface area contributed by atoms with E-state index in [1.165, 1.54) is 16.8 Å². The topological polar surface area (TPSA) is 77.7 Å². The van der Waals surface area contributed by atoms with E-state index in [4.69, 9.17) is 4.74 Å². The number of aromatic nitrogens is 5. The molecule has 3 aromatic heterocycles. The highest BCUT2D eigenvalue weighted by Gasteiger charge is 2.28. The Bertz CT molecular complexity index is 1190. The minimum absolute atomic E-state index is 0.271. The van der Waals surface area contributed by atoms with Crippen molar-refractivity contribution < 1.29 is 17.9 Å². The predicted octanol–water partition coefficient (Wildman–Crippen LogP) is 3.02. The van der Waals surface area contributed by atoms with Crippen LogP contribution in [0, 0.1) is 0 Å². The largest absolute Gasteiger partial charge is 0.491 e. The highest BCUT2D eigenvalue weighted by molar-refractivity contribution is 5.83. The van der Waals surface area contributed by atoms with Crippen LogP contribution < -0.4 is 10.4 Å². The maximum absolute atomic E-state index is 12.8. The number of nitrogens with zero attached hydrogens (tertiary/aromatic N) is 4. The van der Waals surface area contributed by atoms with Crippen LogP contribution in [0.5, 0.6) is 5.75 Å². The molecule has 140 valence electrons. The van der Waals surface area contributed by atoms with Crippen molar-refractivity contribution in [2.45, 2.75) is 19.6 Å². The van der Waals surface area contributed by atoms with Crippen LogP contribution in [-0.2, 0) is 6.54 Å². The molecule has 0 bridgehead atoms. The third-order valence-corrected chi connectivity index (χ3v) is 4.05. The first-order valence-corrected chi connectivity index (χ1v) is 8.12. The minimum atomic E-state index is -4.38. The number of H-pyrrole nitrogens is 1. The van der Waals surface area contributed by atoms with Gasteiger partial charge in [-0.2, -0.15) is 13.2 Å². The Hall–Kier alpha value is -3.30. The van der Waals surface area contributed by atoms with Crippen molar-refractivity contribution in [3.05, 3.63) is 47.3 Å². The summed E-state index contributed by atoms with van der Waals surface area (Å²) in [4.78, 5) is 23.2. The number of pyridine rings is 1. The van der Waals surface area contributed by atoms with Crippen LogP contribution >= 0.6 is 0 Å². The lowest BCUT2D eigenvalue weighted by Gasteiger charge is -2.10. The molecule has 4 rings (SSSR count). The number of hydrogen-bond acceptors (Lipinski definition) is 4. The van der Waals surface area contributed by atoms with Crippen molar-refractivity contribution in [2.75, 3.05) is 6.61 Å². The molecule has 4 aromatic rings. The molecule has 7 nitrogen and oxygen atoms in total. The van der Waals surface area contributed by atoms with Gasteiger partial charge in [-0.1, -0.05) is 0 Å². The molecule has 27 heavy (non-hydrogen) atoms. The molecule has 0 aliphatic carbocycles. The summed E-state index contributed by atoms with van der Waals surface area (Å²) in [5.74, 6) is 0.449. The molecule has 0 unspecified atom stereocenters. The number of hydrogen-bond donors (Lipinski definition) is 1. The first-order valence-electron chi connectivity index (χ1n) is 8.12. The quantitative estimate of drug-likeness (QED) is 0.593. The Labute approximate surface area is 150 Å². The van der Waals surface area contributed by atoms with E-state index < -0.39 is 18.4 Å². The number of alkyl halides is 3. The average molecular weight is 377 g/mol. The second kappa shape index (κ2) is 6.15. The zero-order chi connectivity index (χ0) is 19.2. The van der Waals surface area contributed by atoms with Crippen molar-refractivity contribution in [3.63, 3.8) is 0 Å². The SMILES string of the molecule is CCOc1ccnc2[nH]c(=O)n(-c3ccc4ncn(CC(F)(F)F)c4c3)c12. The molecule has 0 atom stereocenters. The zero-order valence-corrected chi connectivity index (χ0v) is 14.1. The van der Waals surface area contributed by atoms with E-state index in [-0.39, 0.29) is 5.52 Å². The smallest absolute Gasteiger partial charge is 0.406 e. The molecule has 0 radical (unpaired) electrons. The van der Waals surface area contributed by atoms with Gasteiger partial charge in [-0.05, 0) is 25.1 Å². The average Bonchev–Trinajstić information content (AvgIpc) is 3.14. The van der Waals surface area contributed by atoms with Gasteiger partial charge in [-0.15, -0.1) is 0 Å². The third-order valence-electron chi connectivity index (χ3n) is 4.05. The van der Waals surface area contributed by atoms with Gasteiger partial charge in [0.1, 0.15) is 17.8 Å².